The molecule has 104 valence electrons. The van der Waals surface area contributed by atoms with Crippen LogP contribution in [0, 0.1) is 13.8 Å². The fourth-order valence-electron chi connectivity index (χ4n) is 2.73. The summed E-state index contributed by atoms with van der Waals surface area (Å²) in [7, 11) is 0. The summed E-state index contributed by atoms with van der Waals surface area (Å²) in [5.74, 6) is 0.534. The van der Waals surface area contributed by atoms with Crippen molar-refractivity contribution in [2.24, 2.45) is 0 Å². The maximum atomic E-state index is 12.7. The van der Waals surface area contributed by atoms with Gasteiger partial charge in [0, 0.05) is 18.9 Å². The second kappa shape index (κ2) is 5.03. The van der Waals surface area contributed by atoms with Gasteiger partial charge in [-0.3, -0.25) is 14.8 Å². The molecule has 6 heteroatoms. The van der Waals surface area contributed by atoms with Gasteiger partial charge in [0.05, 0.1) is 23.6 Å². The molecular weight excluding hydrogens is 256 g/mol. The molecule has 1 aliphatic rings. The second-order valence-electron chi connectivity index (χ2n) is 4.99. The highest BCUT2D eigenvalue weighted by Crippen LogP contribution is 2.32. The van der Waals surface area contributed by atoms with Crippen molar-refractivity contribution in [3.05, 3.63) is 41.3 Å². The SMILES string of the molecule is Cc1noc(C)c1C(=O)N1CCC[C@@H]1c1cnccn1. The van der Waals surface area contributed by atoms with Crippen LogP contribution in [0.4, 0.5) is 0 Å². The highest BCUT2D eigenvalue weighted by atomic mass is 16.5. The molecule has 1 aliphatic heterocycles. The minimum atomic E-state index is -0.0330. The summed E-state index contributed by atoms with van der Waals surface area (Å²) in [6, 6.07) is -0.00935. The highest BCUT2D eigenvalue weighted by Gasteiger charge is 2.34. The third-order valence-corrected chi connectivity index (χ3v) is 3.69. The van der Waals surface area contributed by atoms with Crippen LogP contribution < -0.4 is 0 Å². The second-order valence-corrected chi connectivity index (χ2v) is 4.99. The molecule has 2 aromatic rings. The number of amides is 1. The monoisotopic (exact) mass is 272 g/mol. The summed E-state index contributed by atoms with van der Waals surface area (Å²) in [5.41, 5.74) is 2.04. The van der Waals surface area contributed by atoms with Gasteiger partial charge in [0.1, 0.15) is 11.3 Å². The normalized spacial score (nSPS) is 18.5. The zero-order valence-electron chi connectivity index (χ0n) is 11.5. The van der Waals surface area contributed by atoms with Crippen molar-refractivity contribution >= 4 is 5.91 Å². The minimum Gasteiger partial charge on any atom is -0.361 e. The fourth-order valence-corrected chi connectivity index (χ4v) is 2.73. The molecule has 2 aromatic heterocycles. The number of hydrogen-bond acceptors (Lipinski definition) is 5. The first-order chi connectivity index (χ1) is 9.68. The Morgan fingerprint density at radius 3 is 2.90 bits per heavy atom. The number of hydrogen-bond donors (Lipinski definition) is 0. The molecular formula is C14H16N4O2. The van der Waals surface area contributed by atoms with E-state index in [1.54, 1.807) is 32.4 Å². The Kier molecular flexibility index (Phi) is 3.22. The molecule has 1 amide bonds. The van der Waals surface area contributed by atoms with E-state index in [0.29, 0.717) is 17.0 Å². The topological polar surface area (TPSA) is 72.1 Å². The lowest BCUT2D eigenvalue weighted by atomic mass is 10.1. The number of rotatable bonds is 2. The molecule has 0 N–H and O–H groups in total. The quantitative estimate of drug-likeness (QED) is 0.836. The Hall–Kier alpha value is -2.24. The van der Waals surface area contributed by atoms with E-state index in [1.165, 1.54) is 0 Å². The average molecular weight is 272 g/mol. The molecule has 0 unspecified atom stereocenters. The lowest BCUT2D eigenvalue weighted by molar-refractivity contribution is 0.0730. The first-order valence-electron chi connectivity index (χ1n) is 6.68. The van der Waals surface area contributed by atoms with Crippen LogP contribution in [0.2, 0.25) is 0 Å². The molecule has 1 saturated heterocycles. The summed E-state index contributed by atoms with van der Waals surface area (Å²) < 4.78 is 5.09. The van der Waals surface area contributed by atoms with Crippen molar-refractivity contribution in [3.63, 3.8) is 0 Å². The van der Waals surface area contributed by atoms with Crippen LogP contribution in [-0.4, -0.2) is 32.5 Å². The highest BCUT2D eigenvalue weighted by molar-refractivity contribution is 5.96. The smallest absolute Gasteiger partial charge is 0.259 e. The molecule has 0 radical (unpaired) electrons. The lowest BCUT2D eigenvalue weighted by Crippen LogP contribution is -2.31. The van der Waals surface area contributed by atoms with Crippen molar-refractivity contribution in [2.75, 3.05) is 6.54 Å². The van der Waals surface area contributed by atoms with Crippen molar-refractivity contribution in [3.8, 4) is 0 Å². The summed E-state index contributed by atoms with van der Waals surface area (Å²) in [6.07, 6.45) is 6.90. The third-order valence-electron chi connectivity index (χ3n) is 3.69. The first-order valence-corrected chi connectivity index (χ1v) is 6.68. The molecule has 20 heavy (non-hydrogen) atoms. The maximum Gasteiger partial charge on any atom is 0.259 e. The number of aryl methyl sites for hydroxylation is 2. The Labute approximate surface area is 116 Å². The molecule has 0 spiro atoms. The van der Waals surface area contributed by atoms with Crippen LogP contribution >= 0.6 is 0 Å². The summed E-state index contributed by atoms with van der Waals surface area (Å²) in [4.78, 5) is 23.0. The van der Waals surface area contributed by atoms with E-state index in [-0.39, 0.29) is 11.9 Å². The van der Waals surface area contributed by atoms with E-state index in [0.717, 1.165) is 25.1 Å². The minimum absolute atomic E-state index is 0.00935. The lowest BCUT2D eigenvalue weighted by Gasteiger charge is -2.23. The molecule has 3 rings (SSSR count). The van der Waals surface area contributed by atoms with Crippen LogP contribution in [0.25, 0.3) is 0 Å². The fraction of sp³-hybridized carbons (Fsp3) is 0.429. The van der Waals surface area contributed by atoms with Crippen molar-refractivity contribution in [1.82, 2.24) is 20.0 Å². The van der Waals surface area contributed by atoms with Gasteiger partial charge in [-0.15, -0.1) is 0 Å². The molecule has 0 aliphatic carbocycles. The van der Waals surface area contributed by atoms with Crippen LogP contribution in [0.15, 0.2) is 23.1 Å². The zero-order chi connectivity index (χ0) is 14.1. The van der Waals surface area contributed by atoms with Crippen molar-refractivity contribution < 1.29 is 9.32 Å². The zero-order valence-corrected chi connectivity index (χ0v) is 11.5. The van der Waals surface area contributed by atoms with Crippen LogP contribution in [0.1, 0.15) is 46.4 Å². The maximum absolute atomic E-state index is 12.7. The Morgan fingerprint density at radius 1 is 1.40 bits per heavy atom. The van der Waals surface area contributed by atoms with Gasteiger partial charge in [-0.1, -0.05) is 5.16 Å². The number of aromatic nitrogens is 3. The standard InChI is InChI=1S/C14H16N4O2/c1-9-13(10(2)20-17-9)14(19)18-7-3-4-12(18)11-8-15-5-6-16-11/h5-6,8,12H,3-4,7H2,1-2H3/t12-/m1/s1. The van der Waals surface area contributed by atoms with Crippen molar-refractivity contribution in [2.45, 2.75) is 32.7 Å². The predicted molar refractivity (Wildman–Crippen MR) is 71.0 cm³/mol. The molecule has 6 nitrogen and oxygen atoms in total. The van der Waals surface area contributed by atoms with Gasteiger partial charge < -0.3 is 9.42 Å². The molecule has 3 heterocycles. The van der Waals surface area contributed by atoms with Crippen LogP contribution in [-0.2, 0) is 0 Å². The third kappa shape index (κ3) is 2.07. The Bertz CT molecular complexity index is 604. The van der Waals surface area contributed by atoms with E-state index in [4.69, 9.17) is 4.52 Å². The summed E-state index contributed by atoms with van der Waals surface area (Å²) >= 11 is 0. The Morgan fingerprint density at radius 2 is 2.25 bits per heavy atom. The van der Waals surface area contributed by atoms with Gasteiger partial charge in [-0.2, -0.15) is 0 Å². The molecule has 0 saturated carbocycles. The largest absolute Gasteiger partial charge is 0.361 e. The van der Waals surface area contributed by atoms with Gasteiger partial charge in [0.15, 0.2) is 0 Å². The average Bonchev–Trinajstić information content (AvgIpc) is 3.07. The van der Waals surface area contributed by atoms with Gasteiger partial charge in [0.25, 0.3) is 5.91 Å². The number of likely N-dealkylation sites (tertiary alicyclic amines) is 1. The predicted octanol–water partition coefficient (Wildman–Crippen LogP) is 2.06. The summed E-state index contributed by atoms with van der Waals surface area (Å²) in [6.45, 7) is 4.28. The van der Waals surface area contributed by atoms with Gasteiger partial charge in [-0.05, 0) is 26.7 Å². The van der Waals surface area contributed by atoms with E-state index < -0.39 is 0 Å². The summed E-state index contributed by atoms with van der Waals surface area (Å²) in [5, 5.41) is 3.86. The molecule has 0 bridgehead atoms. The van der Waals surface area contributed by atoms with Crippen LogP contribution in [0.3, 0.4) is 0 Å². The number of carbonyl (C=O) groups excluding carboxylic acids is 1. The van der Waals surface area contributed by atoms with Gasteiger partial charge in [0.2, 0.25) is 0 Å². The molecule has 1 atom stereocenters. The van der Waals surface area contributed by atoms with E-state index >= 15 is 0 Å². The first kappa shape index (κ1) is 12.8. The molecule has 1 fully saturated rings. The molecule has 0 aromatic carbocycles. The van der Waals surface area contributed by atoms with E-state index in [1.807, 2.05) is 4.90 Å². The Balaban J connectivity index is 1.91. The number of carbonyl (C=O) groups is 1. The van der Waals surface area contributed by atoms with Gasteiger partial charge >= 0.3 is 0 Å². The van der Waals surface area contributed by atoms with E-state index in [9.17, 15) is 4.79 Å². The van der Waals surface area contributed by atoms with Gasteiger partial charge in [-0.25, -0.2) is 0 Å². The number of nitrogens with zero attached hydrogens (tertiary/aromatic N) is 4. The van der Waals surface area contributed by atoms with Crippen LogP contribution in [0.5, 0.6) is 0 Å². The van der Waals surface area contributed by atoms with E-state index in [2.05, 4.69) is 15.1 Å². The van der Waals surface area contributed by atoms with Crippen molar-refractivity contribution in [1.29, 1.82) is 0 Å².